The Morgan fingerprint density at radius 1 is 0.667 bits per heavy atom. The van der Waals surface area contributed by atoms with Gasteiger partial charge in [0.2, 0.25) is 0 Å². The van der Waals surface area contributed by atoms with Crippen molar-refractivity contribution in [3.8, 4) is 0 Å². The number of thiophene rings is 1. The first-order valence-corrected chi connectivity index (χ1v) is 24.1. The summed E-state index contributed by atoms with van der Waals surface area (Å²) in [6, 6.07) is 10.3. The van der Waals surface area contributed by atoms with Crippen molar-refractivity contribution in [1.29, 1.82) is 0 Å². The third kappa shape index (κ3) is 7.61. The summed E-state index contributed by atoms with van der Waals surface area (Å²) in [7, 11) is 0. The Morgan fingerprint density at radius 3 is 1.91 bits per heavy atom. The van der Waals surface area contributed by atoms with Crippen molar-refractivity contribution in [2.75, 3.05) is 0 Å². The number of fused-ring (bicyclic) bond motifs is 3. The predicted octanol–water partition coefficient (Wildman–Crippen LogP) is 10.1. The topological polar surface area (TPSA) is 0 Å². The van der Waals surface area contributed by atoms with Gasteiger partial charge in [0.25, 0.3) is 0 Å². The van der Waals surface area contributed by atoms with Crippen LogP contribution in [0.4, 0.5) is 0 Å². The van der Waals surface area contributed by atoms with Crippen LogP contribution in [0, 0.1) is 0 Å². The zero-order chi connectivity index (χ0) is 23.5. The molecule has 0 aliphatic rings. The molecule has 2 aromatic heterocycles. The van der Waals surface area contributed by atoms with E-state index in [9.17, 15) is 0 Å². The zero-order valence-electron chi connectivity index (χ0n) is 21.9. The Labute approximate surface area is 218 Å². The third-order valence-corrected chi connectivity index (χ3v) is 33.3. The first-order chi connectivity index (χ1) is 16.2. The van der Waals surface area contributed by atoms with E-state index in [2.05, 4.69) is 63.3 Å². The SMILES string of the molecule is CCCCCCCCc1ccc2c(c1)sc1c[c]([Sn]([CH2]CCC)([CH2]CCC)[CH2]CCC)[se]c12. The Hall–Kier alpha value is 0.238. The second kappa shape index (κ2) is 14.7. The van der Waals surface area contributed by atoms with E-state index in [4.69, 9.17) is 0 Å². The van der Waals surface area contributed by atoms with Gasteiger partial charge in [-0.15, -0.1) is 0 Å². The summed E-state index contributed by atoms with van der Waals surface area (Å²) in [5.41, 5.74) is 1.57. The van der Waals surface area contributed by atoms with Crippen LogP contribution < -0.4 is 2.45 Å². The average molecular weight is 638 g/mol. The zero-order valence-corrected chi connectivity index (χ0v) is 27.3. The average Bonchev–Trinajstić information content (AvgIpc) is 3.39. The summed E-state index contributed by atoms with van der Waals surface area (Å²) in [4.78, 5) is 0. The van der Waals surface area contributed by atoms with E-state index >= 15 is 0 Å². The fourth-order valence-electron chi connectivity index (χ4n) is 5.41. The summed E-state index contributed by atoms with van der Waals surface area (Å²) in [6.45, 7) is 9.50. The van der Waals surface area contributed by atoms with Crippen molar-refractivity contribution in [3.05, 3.63) is 29.8 Å². The molecule has 1 aromatic carbocycles. The van der Waals surface area contributed by atoms with Crippen molar-refractivity contribution in [1.82, 2.24) is 0 Å². The van der Waals surface area contributed by atoms with Crippen molar-refractivity contribution in [2.45, 2.75) is 124 Å². The maximum atomic E-state index is 2.77. The van der Waals surface area contributed by atoms with Gasteiger partial charge in [0.15, 0.2) is 0 Å². The van der Waals surface area contributed by atoms with Crippen LogP contribution >= 0.6 is 11.3 Å². The molecule has 0 N–H and O–H groups in total. The first-order valence-electron chi connectivity index (χ1n) is 14.1. The minimum absolute atomic E-state index is 0.611. The molecule has 0 spiro atoms. The molecule has 3 heteroatoms. The molecular formula is C30H48SSeSn. The molecule has 0 amide bonds. The molecule has 0 fully saturated rings. The van der Waals surface area contributed by atoms with Crippen molar-refractivity contribution in [2.24, 2.45) is 0 Å². The molecule has 0 bridgehead atoms. The molecule has 0 saturated carbocycles. The quantitative estimate of drug-likeness (QED) is 0.102. The van der Waals surface area contributed by atoms with Crippen LogP contribution in [0.2, 0.25) is 13.3 Å². The Kier molecular flexibility index (Phi) is 12.4. The first kappa shape index (κ1) is 27.8. The van der Waals surface area contributed by atoms with Gasteiger partial charge < -0.3 is 0 Å². The van der Waals surface area contributed by atoms with Crippen LogP contribution in [-0.4, -0.2) is 32.9 Å². The number of benzene rings is 1. The van der Waals surface area contributed by atoms with Gasteiger partial charge in [-0.1, -0.05) is 6.92 Å². The molecule has 0 unspecified atom stereocenters. The van der Waals surface area contributed by atoms with Crippen LogP contribution in [0.1, 0.15) is 110 Å². The fourth-order valence-corrected chi connectivity index (χ4v) is 33.2. The van der Waals surface area contributed by atoms with Crippen LogP contribution in [0.5, 0.6) is 0 Å². The molecular weight excluding hydrogens is 590 g/mol. The number of aryl methyl sites for hydroxylation is 1. The van der Waals surface area contributed by atoms with E-state index in [1.54, 1.807) is 37.9 Å². The van der Waals surface area contributed by atoms with Crippen molar-refractivity contribution < 1.29 is 0 Å². The van der Waals surface area contributed by atoms with Gasteiger partial charge in [-0.3, -0.25) is 0 Å². The Balaban J connectivity index is 1.80. The van der Waals surface area contributed by atoms with Gasteiger partial charge in [-0.05, 0) is 0 Å². The number of unbranched alkanes of at least 4 members (excludes halogenated alkanes) is 8. The van der Waals surface area contributed by atoms with E-state index in [1.807, 2.05) is 2.45 Å². The van der Waals surface area contributed by atoms with Gasteiger partial charge in [-0.25, -0.2) is 0 Å². The summed E-state index contributed by atoms with van der Waals surface area (Å²) in [5, 5.41) is 1.61. The van der Waals surface area contributed by atoms with Gasteiger partial charge in [-0.2, -0.15) is 0 Å². The number of hydrogen-bond donors (Lipinski definition) is 0. The van der Waals surface area contributed by atoms with Gasteiger partial charge in [0.1, 0.15) is 0 Å². The van der Waals surface area contributed by atoms with Gasteiger partial charge in [0.05, 0.1) is 0 Å². The summed E-state index contributed by atoms with van der Waals surface area (Å²) in [6.07, 6.45) is 18.2. The van der Waals surface area contributed by atoms with Crippen molar-refractivity contribution in [3.63, 3.8) is 0 Å². The number of rotatable bonds is 17. The molecule has 0 nitrogen and oxygen atoms in total. The molecule has 2 heterocycles. The van der Waals surface area contributed by atoms with E-state index in [-0.39, 0.29) is 0 Å². The van der Waals surface area contributed by atoms with E-state index < -0.39 is 18.4 Å². The standard InChI is InChI=1S/C18H21SSe.3C4H9.Sn/c1-2-3-4-5-6-7-8-14-9-10-15-17(13-14)19-16-11-12-20-18(15)16;3*1-3-4-2;/h9-11,13H,2-8H2,1H3;3*1,3-4H2,2H3;. The van der Waals surface area contributed by atoms with E-state index in [0.717, 1.165) is 0 Å². The molecule has 0 radical (unpaired) electrons. The summed E-state index contributed by atoms with van der Waals surface area (Å²) >= 11 is 0.484. The predicted molar refractivity (Wildman–Crippen MR) is 158 cm³/mol. The number of hydrogen-bond acceptors (Lipinski definition) is 1. The maximum absolute atomic E-state index is 2.77. The van der Waals surface area contributed by atoms with Crippen LogP contribution in [0.15, 0.2) is 24.3 Å². The van der Waals surface area contributed by atoms with Gasteiger partial charge in [0, 0.05) is 0 Å². The molecule has 33 heavy (non-hydrogen) atoms. The second-order valence-corrected chi connectivity index (χ2v) is 29.1. The minimum atomic E-state index is -2.24. The van der Waals surface area contributed by atoms with Crippen LogP contribution in [0.25, 0.3) is 19.0 Å². The van der Waals surface area contributed by atoms with E-state index in [0.29, 0.717) is 14.5 Å². The molecule has 0 aliphatic heterocycles. The second-order valence-electron chi connectivity index (χ2n) is 10.3. The molecule has 184 valence electrons. The van der Waals surface area contributed by atoms with Gasteiger partial charge >= 0.3 is 213 Å². The van der Waals surface area contributed by atoms with E-state index in [1.165, 1.54) is 83.5 Å². The molecule has 3 rings (SSSR count). The molecule has 0 saturated heterocycles. The summed E-state index contributed by atoms with van der Waals surface area (Å²) in [5.74, 6) is 0. The van der Waals surface area contributed by atoms with Crippen molar-refractivity contribution >= 4 is 65.7 Å². The van der Waals surface area contributed by atoms with Crippen LogP contribution in [-0.2, 0) is 6.42 Å². The Bertz CT molecular complexity index is 931. The monoisotopic (exact) mass is 640 g/mol. The Morgan fingerprint density at radius 2 is 1.27 bits per heavy atom. The normalized spacial score (nSPS) is 12.4. The molecule has 0 atom stereocenters. The fraction of sp³-hybridized carbons (Fsp3) is 0.667. The molecule has 0 aliphatic carbocycles. The molecule has 3 aromatic rings. The third-order valence-electron chi connectivity index (χ3n) is 7.58. The summed E-state index contributed by atoms with van der Waals surface area (Å²) < 4.78 is 11.9. The van der Waals surface area contributed by atoms with Crippen LogP contribution in [0.3, 0.4) is 0 Å².